The van der Waals surface area contributed by atoms with Crippen LogP contribution in [0.15, 0.2) is 16.8 Å². The third-order valence-electron chi connectivity index (χ3n) is 2.70. The number of carbonyl (C=O) groups excluding carboxylic acids is 1. The van der Waals surface area contributed by atoms with Crippen LogP contribution < -0.4 is 5.73 Å². The molecule has 1 amide bonds. The van der Waals surface area contributed by atoms with Gasteiger partial charge < -0.3 is 10.6 Å². The van der Waals surface area contributed by atoms with Crippen molar-refractivity contribution < 1.29 is 4.79 Å². The minimum atomic E-state index is -0.0444. The summed E-state index contributed by atoms with van der Waals surface area (Å²) in [5, 5.41) is 4.10. The van der Waals surface area contributed by atoms with E-state index in [1.807, 2.05) is 17.2 Å². The Kier molecular flexibility index (Phi) is 2.56. The fraction of sp³-hybridized carbons (Fsp3) is 0.500. The number of carbonyl (C=O) groups is 1. The number of nitrogens with zero attached hydrogens (tertiary/aromatic N) is 1. The molecule has 14 heavy (non-hydrogen) atoms. The molecule has 76 valence electrons. The predicted molar refractivity (Wildman–Crippen MR) is 57.0 cm³/mol. The lowest BCUT2D eigenvalue weighted by molar-refractivity contribution is -0.128. The zero-order chi connectivity index (χ0) is 10.1. The van der Waals surface area contributed by atoms with Crippen molar-refractivity contribution in [2.45, 2.75) is 25.4 Å². The van der Waals surface area contributed by atoms with E-state index in [0.717, 1.165) is 6.54 Å². The van der Waals surface area contributed by atoms with Crippen molar-refractivity contribution in [2.24, 2.45) is 5.73 Å². The van der Waals surface area contributed by atoms with Crippen molar-refractivity contribution in [1.29, 1.82) is 0 Å². The highest BCUT2D eigenvalue weighted by atomic mass is 32.1. The first-order chi connectivity index (χ1) is 6.74. The Balaban J connectivity index is 2.28. The fourth-order valence-corrected chi connectivity index (χ4v) is 2.75. The number of likely N-dealkylation sites (tertiary alicyclic amines) is 1. The third kappa shape index (κ3) is 1.44. The first-order valence-corrected chi connectivity index (χ1v) is 5.75. The summed E-state index contributed by atoms with van der Waals surface area (Å²) in [4.78, 5) is 13.4. The smallest absolute Gasteiger partial charge is 0.224 e. The van der Waals surface area contributed by atoms with Crippen molar-refractivity contribution >= 4 is 17.2 Å². The zero-order valence-corrected chi connectivity index (χ0v) is 8.96. The summed E-state index contributed by atoms with van der Waals surface area (Å²) in [6.45, 7) is 2.74. The van der Waals surface area contributed by atoms with Gasteiger partial charge in [-0.2, -0.15) is 11.3 Å². The second-order valence-corrected chi connectivity index (χ2v) is 4.33. The van der Waals surface area contributed by atoms with Gasteiger partial charge in [-0.15, -0.1) is 0 Å². The number of rotatable bonds is 2. The molecule has 1 fully saturated rings. The van der Waals surface area contributed by atoms with Gasteiger partial charge in [-0.25, -0.2) is 0 Å². The first kappa shape index (κ1) is 9.68. The van der Waals surface area contributed by atoms with Gasteiger partial charge in [-0.05, 0) is 29.3 Å². The highest BCUT2D eigenvalue weighted by Gasteiger charge is 2.37. The van der Waals surface area contributed by atoms with Gasteiger partial charge in [0.25, 0.3) is 0 Å². The van der Waals surface area contributed by atoms with E-state index in [2.05, 4.69) is 11.4 Å². The molecule has 1 aromatic heterocycles. The molecule has 2 heterocycles. The van der Waals surface area contributed by atoms with Crippen LogP contribution in [0.5, 0.6) is 0 Å². The van der Waals surface area contributed by atoms with Gasteiger partial charge in [0.2, 0.25) is 5.91 Å². The van der Waals surface area contributed by atoms with Crippen LogP contribution in [0, 0.1) is 0 Å². The van der Waals surface area contributed by atoms with Crippen LogP contribution in [-0.2, 0) is 4.79 Å². The summed E-state index contributed by atoms with van der Waals surface area (Å²) in [5.74, 6) is 0.177. The summed E-state index contributed by atoms with van der Waals surface area (Å²) in [6, 6.07) is 2.10. The number of nitrogens with two attached hydrogens (primary N) is 1. The van der Waals surface area contributed by atoms with Crippen LogP contribution in [0.1, 0.15) is 24.9 Å². The molecule has 1 saturated heterocycles. The van der Waals surface area contributed by atoms with Gasteiger partial charge in [0.05, 0.1) is 6.04 Å². The number of hydrogen-bond acceptors (Lipinski definition) is 3. The Bertz CT molecular complexity index is 323. The van der Waals surface area contributed by atoms with Gasteiger partial charge >= 0.3 is 0 Å². The summed E-state index contributed by atoms with van der Waals surface area (Å²) in [7, 11) is 0. The number of thiophene rings is 1. The third-order valence-corrected chi connectivity index (χ3v) is 3.40. The van der Waals surface area contributed by atoms with E-state index in [1.165, 1.54) is 5.56 Å². The molecule has 0 aromatic carbocycles. The lowest BCUT2D eigenvalue weighted by Crippen LogP contribution is -2.32. The van der Waals surface area contributed by atoms with Crippen molar-refractivity contribution in [3.05, 3.63) is 22.4 Å². The van der Waals surface area contributed by atoms with Crippen LogP contribution in [0.2, 0.25) is 0 Å². The molecule has 2 rings (SSSR count). The molecule has 4 heteroatoms. The summed E-state index contributed by atoms with van der Waals surface area (Å²) in [6.07, 6.45) is 0.481. The molecular formula is C10H14N2OS. The quantitative estimate of drug-likeness (QED) is 0.801. The Morgan fingerprint density at radius 2 is 2.50 bits per heavy atom. The van der Waals surface area contributed by atoms with Crippen LogP contribution in [-0.4, -0.2) is 23.4 Å². The number of hydrogen-bond donors (Lipinski definition) is 1. The van der Waals surface area contributed by atoms with Crippen LogP contribution in [0.4, 0.5) is 0 Å². The highest BCUT2D eigenvalue weighted by Crippen LogP contribution is 2.32. The standard InChI is InChI=1S/C10H14N2OS/c1-2-12-9(13)5-8(11)10(12)7-3-4-14-6-7/h3-4,6,8,10H,2,5,11H2,1H3. The summed E-state index contributed by atoms with van der Waals surface area (Å²) >= 11 is 1.65. The number of amides is 1. The maximum atomic E-state index is 11.6. The molecule has 0 saturated carbocycles. The Labute approximate surface area is 87.5 Å². The van der Waals surface area contributed by atoms with Crippen molar-refractivity contribution in [1.82, 2.24) is 4.90 Å². The van der Waals surface area contributed by atoms with Gasteiger partial charge in [-0.1, -0.05) is 0 Å². The van der Waals surface area contributed by atoms with Crippen molar-refractivity contribution in [3.8, 4) is 0 Å². The molecule has 2 N–H and O–H groups in total. The summed E-state index contributed by atoms with van der Waals surface area (Å²) < 4.78 is 0. The first-order valence-electron chi connectivity index (χ1n) is 4.81. The normalized spacial score (nSPS) is 27.3. The van der Waals surface area contributed by atoms with E-state index in [-0.39, 0.29) is 18.0 Å². The Morgan fingerprint density at radius 1 is 1.71 bits per heavy atom. The van der Waals surface area contributed by atoms with E-state index in [1.54, 1.807) is 11.3 Å². The predicted octanol–water partition coefficient (Wildman–Crippen LogP) is 1.37. The van der Waals surface area contributed by atoms with Crippen LogP contribution in [0.25, 0.3) is 0 Å². The van der Waals surface area contributed by atoms with Crippen molar-refractivity contribution in [3.63, 3.8) is 0 Å². The van der Waals surface area contributed by atoms with E-state index < -0.39 is 0 Å². The maximum Gasteiger partial charge on any atom is 0.224 e. The van der Waals surface area contributed by atoms with E-state index in [4.69, 9.17) is 5.73 Å². The van der Waals surface area contributed by atoms with Crippen LogP contribution >= 0.6 is 11.3 Å². The van der Waals surface area contributed by atoms with Crippen LogP contribution in [0.3, 0.4) is 0 Å². The molecule has 3 nitrogen and oxygen atoms in total. The maximum absolute atomic E-state index is 11.6. The van der Waals surface area contributed by atoms with Gasteiger partial charge in [-0.3, -0.25) is 4.79 Å². The van der Waals surface area contributed by atoms with Gasteiger partial charge in [0.15, 0.2) is 0 Å². The van der Waals surface area contributed by atoms with Crippen molar-refractivity contribution in [2.75, 3.05) is 6.54 Å². The monoisotopic (exact) mass is 210 g/mol. The molecule has 1 aliphatic rings. The molecule has 2 unspecified atom stereocenters. The number of likely N-dealkylation sites (N-methyl/N-ethyl adjacent to an activating group) is 1. The zero-order valence-electron chi connectivity index (χ0n) is 8.14. The minimum absolute atomic E-state index is 0.0444. The second kappa shape index (κ2) is 3.71. The summed E-state index contributed by atoms with van der Waals surface area (Å²) in [5.41, 5.74) is 7.14. The second-order valence-electron chi connectivity index (χ2n) is 3.55. The molecule has 2 atom stereocenters. The Morgan fingerprint density at radius 3 is 3.07 bits per heavy atom. The molecule has 1 aliphatic heterocycles. The molecular weight excluding hydrogens is 196 g/mol. The fourth-order valence-electron chi connectivity index (χ4n) is 2.06. The average molecular weight is 210 g/mol. The average Bonchev–Trinajstić information content (AvgIpc) is 2.72. The largest absolute Gasteiger partial charge is 0.334 e. The topological polar surface area (TPSA) is 46.3 Å². The Hall–Kier alpha value is -0.870. The highest BCUT2D eigenvalue weighted by molar-refractivity contribution is 7.08. The lowest BCUT2D eigenvalue weighted by Gasteiger charge is -2.24. The molecule has 0 aliphatic carbocycles. The molecule has 0 radical (unpaired) electrons. The molecule has 0 spiro atoms. The van der Waals surface area contributed by atoms with E-state index in [9.17, 15) is 4.79 Å². The minimum Gasteiger partial charge on any atom is -0.334 e. The SMILES string of the molecule is CCN1C(=O)CC(N)C1c1ccsc1. The van der Waals surface area contributed by atoms with Gasteiger partial charge in [0, 0.05) is 19.0 Å². The molecule has 0 bridgehead atoms. The lowest BCUT2D eigenvalue weighted by atomic mass is 10.0. The van der Waals surface area contributed by atoms with Gasteiger partial charge in [0.1, 0.15) is 0 Å². The molecule has 1 aromatic rings. The van der Waals surface area contributed by atoms with E-state index in [0.29, 0.717) is 6.42 Å². The van der Waals surface area contributed by atoms with E-state index >= 15 is 0 Å².